The number of carboxylic acids is 1. The van der Waals surface area contributed by atoms with E-state index in [9.17, 15) is 9.59 Å². The molecule has 3 aromatic rings. The topological polar surface area (TPSA) is 66.4 Å². The van der Waals surface area contributed by atoms with Crippen molar-refractivity contribution >= 4 is 17.6 Å². The first-order valence-electron chi connectivity index (χ1n) is 11.2. The third-order valence-corrected chi connectivity index (χ3v) is 7.05. The van der Waals surface area contributed by atoms with Gasteiger partial charge in [-0.05, 0) is 49.1 Å². The van der Waals surface area contributed by atoms with E-state index in [0.29, 0.717) is 0 Å². The molecule has 1 spiro atoms. The molecule has 2 N–H and O–H groups in total. The molecule has 32 heavy (non-hydrogen) atoms. The van der Waals surface area contributed by atoms with Crippen molar-refractivity contribution in [2.45, 2.75) is 31.3 Å². The number of benzene rings is 3. The van der Waals surface area contributed by atoms with E-state index in [1.54, 1.807) is 24.3 Å². The molecule has 0 aliphatic carbocycles. The Labute approximate surface area is 187 Å². The van der Waals surface area contributed by atoms with Crippen molar-refractivity contribution in [3.63, 3.8) is 0 Å². The highest BCUT2D eigenvalue weighted by Gasteiger charge is 2.66. The lowest BCUT2D eigenvalue weighted by molar-refractivity contribution is -0.125. The van der Waals surface area contributed by atoms with Crippen LogP contribution in [-0.2, 0) is 16.9 Å². The average Bonchev–Trinajstić information content (AvgIpc) is 2.84. The molecule has 2 aliphatic heterocycles. The Hall–Kier alpha value is -3.44. The Morgan fingerprint density at radius 2 is 1.50 bits per heavy atom. The van der Waals surface area contributed by atoms with E-state index in [-0.39, 0.29) is 17.9 Å². The summed E-state index contributed by atoms with van der Waals surface area (Å²) in [5.41, 5.74) is 4.00. The van der Waals surface area contributed by atoms with Gasteiger partial charge >= 0.3 is 5.97 Å². The third-order valence-electron chi connectivity index (χ3n) is 7.05. The van der Waals surface area contributed by atoms with Crippen molar-refractivity contribution < 1.29 is 14.7 Å². The van der Waals surface area contributed by atoms with Crippen LogP contribution in [0.25, 0.3) is 0 Å². The fourth-order valence-corrected chi connectivity index (χ4v) is 5.66. The Kier molecular flexibility index (Phi) is 5.06. The van der Waals surface area contributed by atoms with Gasteiger partial charge in [0.05, 0.1) is 25.1 Å². The number of para-hydroxylation sites is 1. The standard InChI is InChI=1S/C27H26N2O3/c30-25(19-20-13-15-21(16-14-20)26(31)32)28-27(22-9-3-1-4-10-22)23-11-5-6-12-24(23)29(27)17-7-2-8-18-29/h1,3-6,9-16H,2,7-8,17-19H2,(H-,28,30,31,32)/p+1. The second kappa shape index (κ2) is 7.92. The second-order valence-electron chi connectivity index (χ2n) is 8.80. The van der Waals surface area contributed by atoms with E-state index in [2.05, 4.69) is 35.6 Å². The summed E-state index contributed by atoms with van der Waals surface area (Å²) in [4.78, 5) is 24.5. The summed E-state index contributed by atoms with van der Waals surface area (Å²) in [7, 11) is 0. The maximum Gasteiger partial charge on any atom is 0.335 e. The van der Waals surface area contributed by atoms with Crippen LogP contribution in [0.2, 0.25) is 0 Å². The maximum atomic E-state index is 13.4. The van der Waals surface area contributed by atoms with Crippen molar-refractivity contribution in [2.24, 2.45) is 0 Å². The highest BCUT2D eigenvalue weighted by atomic mass is 16.4. The van der Waals surface area contributed by atoms with Crippen molar-refractivity contribution in [1.82, 2.24) is 9.80 Å². The van der Waals surface area contributed by atoms with Crippen LogP contribution in [-0.4, -0.2) is 30.1 Å². The van der Waals surface area contributed by atoms with Gasteiger partial charge < -0.3 is 5.11 Å². The first-order chi connectivity index (χ1) is 15.6. The number of amides is 1. The number of hydrogen-bond donors (Lipinski definition) is 2. The molecule has 5 heteroatoms. The van der Waals surface area contributed by atoms with Crippen LogP contribution in [0.15, 0.2) is 78.9 Å². The van der Waals surface area contributed by atoms with E-state index in [1.165, 1.54) is 17.7 Å². The summed E-state index contributed by atoms with van der Waals surface area (Å²) in [5.74, 6) is -1.03. The molecule has 5 nitrogen and oxygen atoms in total. The summed E-state index contributed by atoms with van der Waals surface area (Å²) in [6.45, 7) is 2.00. The summed E-state index contributed by atoms with van der Waals surface area (Å²) < 4.78 is 0.761. The number of carbonyl (C=O) groups excluding carboxylic acids is 1. The minimum atomic E-state index is -0.966. The molecule has 162 valence electrons. The van der Waals surface area contributed by atoms with Gasteiger partial charge in [0.2, 0.25) is 11.6 Å². The highest BCUT2D eigenvalue weighted by molar-refractivity contribution is 5.88. The molecule has 5 rings (SSSR count). The fourth-order valence-electron chi connectivity index (χ4n) is 5.66. The maximum absolute atomic E-state index is 13.4. The quantitative estimate of drug-likeness (QED) is 0.591. The van der Waals surface area contributed by atoms with Crippen molar-refractivity contribution in [3.05, 3.63) is 101 Å². The third kappa shape index (κ3) is 3.04. The first-order valence-corrected chi connectivity index (χ1v) is 11.2. The SMILES string of the molecule is O=C(Cc1ccc(C(=O)O)cc1)NC1(c2ccccc2)c2ccccc2[N+]12CCCCC2. The number of aromatic carboxylic acids is 1. The van der Waals surface area contributed by atoms with Crippen LogP contribution in [0.1, 0.15) is 46.3 Å². The lowest BCUT2D eigenvalue weighted by Gasteiger charge is -2.62. The number of quaternary nitrogens is 1. The zero-order valence-corrected chi connectivity index (χ0v) is 18.0. The van der Waals surface area contributed by atoms with Gasteiger partial charge in [-0.3, -0.25) is 14.6 Å². The number of rotatable bonds is 5. The molecule has 2 aliphatic rings. The number of hydrogen-bond acceptors (Lipinski definition) is 2. The summed E-state index contributed by atoms with van der Waals surface area (Å²) >= 11 is 0. The van der Waals surface area contributed by atoms with Gasteiger partial charge in [-0.15, -0.1) is 0 Å². The zero-order valence-electron chi connectivity index (χ0n) is 18.0. The Bertz CT molecular complexity index is 1150. The molecule has 0 saturated carbocycles. The van der Waals surface area contributed by atoms with E-state index in [0.717, 1.165) is 41.5 Å². The fraction of sp³-hybridized carbons (Fsp3) is 0.259. The predicted molar refractivity (Wildman–Crippen MR) is 124 cm³/mol. The van der Waals surface area contributed by atoms with Crippen LogP contribution in [0.5, 0.6) is 0 Å². The zero-order chi connectivity index (χ0) is 22.2. The molecule has 0 aromatic heterocycles. The van der Waals surface area contributed by atoms with Gasteiger partial charge in [-0.2, -0.15) is 0 Å². The lowest BCUT2D eigenvalue weighted by Crippen LogP contribution is -2.79. The van der Waals surface area contributed by atoms with E-state index in [4.69, 9.17) is 5.11 Å². The molecular formula is C27H27N2O3+. The Balaban J connectivity index is 1.54. The van der Waals surface area contributed by atoms with Gasteiger partial charge in [0.25, 0.3) is 0 Å². The normalized spacial score (nSPS) is 20.8. The molecule has 1 saturated heterocycles. The minimum absolute atomic E-state index is 0.0606. The summed E-state index contributed by atoms with van der Waals surface area (Å²) in [6.07, 6.45) is 3.69. The van der Waals surface area contributed by atoms with E-state index >= 15 is 0 Å². The second-order valence-corrected chi connectivity index (χ2v) is 8.80. The van der Waals surface area contributed by atoms with Crippen molar-refractivity contribution in [2.75, 3.05) is 13.1 Å². The molecule has 1 atom stereocenters. The van der Waals surface area contributed by atoms with Gasteiger partial charge in [0.1, 0.15) is 11.3 Å². The Morgan fingerprint density at radius 3 is 2.19 bits per heavy atom. The Morgan fingerprint density at radius 1 is 0.844 bits per heavy atom. The van der Waals surface area contributed by atoms with E-state index < -0.39 is 11.6 Å². The van der Waals surface area contributed by atoms with Gasteiger partial charge in [-0.1, -0.05) is 54.6 Å². The molecule has 2 heterocycles. The number of fused-ring (bicyclic) bond motifs is 2. The smallest absolute Gasteiger partial charge is 0.335 e. The monoisotopic (exact) mass is 427 g/mol. The lowest BCUT2D eigenvalue weighted by atomic mass is 9.75. The minimum Gasteiger partial charge on any atom is -0.478 e. The molecule has 0 bridgehead atoms. The molecule has 1 fully saturated rings. The molecule has 1 unspecified atom stereocenters. The van der Waals surface area contributed by atoms with Gasteiger partial charge in [0, 0.05) is 5.56 Å². The number of piperidine rings is 1. The van der Waals surface area contributed by atoms with Gasteiger partial charge in [-0.25, -0.2) is 4.79 Å². The van der Waals surface area contributed by atoms with Crippen LogP contribution >= 0.6 is 0 Å². The average molecular weight is 428 g/mol. The van der Waals surface area contributed by atoms with Crippen molar-refractivity contribution in [3.8, 4) is 0 Å². The van der Waals surface area contributed by atoms with Crippen LogP contribution < -0.4 is 9.80 Å². The van der Waals surface area contributed by atoms with E-state index in [1.807, 2.05) is 24.3 Å². The predicted octanol–water partition coefficient (Wildman–Crippen LogP) is 4.45. The van der Waals surface area contributed by atoms with Crippen LogP contribution in [0, 0.1) is 0 Å². The molecule has 0 radical (unpaired) electrons. The van der Waals surface area contributed by atoms with Crippen LogP contribution in [0.3, 0.4) is 0 Å². The van der Waals surface area contributed by atoms with Crippen molar-refractivity contribution in [1.29, 1.82) is 0 Å². The molecule has 1 amide bonds. The summed E-state index contributed by atoms with van der Waals surface area (Å²) in [5, 5.41) is 12.6. The molecular weight excluding hydrogens is 400 g/mol. The van der Waals surface area contributed by atoms with Gasteiger partial charge in [0.15, 0.2) is 0 Å². The number of nitrogens with one attached hydrogen (secondary N) is 1. The van der Waals surface area contributed by atoms with Crippen LogP contribution in [0.4, 0.5) is 5.69 Å². The summed E-state index contributed by atoms with van der Waals surface area (Å²) in [6, 6.07) is 25.3. The molecule has 3 aromatic carbocycles. The number of carboxylic acid groups (broad SMARTS) is 1. The highest BCUT2D eigenvalue weighted by Crippen LogP contribution is 2.57. The number of carbonyl (C=O) groups is 2. The number of nitrogens with zero attached hydrogens (tertiary/aromatic N) is 1. The first kappa shape index (κ1) is 20.5. The largest absolute Gasteiger partial charge is 0.478 e.